The van der Waals surface area contributed by atoms with Crippen molar-refractivity contribution in [1.82, 2.24) is 10.6 Å². The summed E-state index contributed by atoms with van der Waals surface area (Å²) in [5, 5.41) is 163. The zero-order valence-corrected chi connectivity index (χ0v) is 58.0. The predicted molar refractivity (Wildman–Crippen MR) is 381 cm³/mol. The van der Waals surface area contributed by atoms with Gasteiger partial charge in [-0.3, -0.25) is 19.2 Å². The standard InChI is InChI=1S/C77H112N2O21/c1-51(30-21-16-12-8-5-6-11-15-19-26-40-70(93)79-71-66(90)41-42-67(71)91)72(94)53(3)65(89)38-24-17-13-9-7-10-14-18-25-39-69(100-77-75(97)74(96)73(95)54(4)99-77)52(2)68(92)50-64(88)49-63(87)47-59(83)36-28-35-58(82)46-62(86)48-61(85)45-57(81)34-27-33-56(80)44-60(84)37-29-43-78-76(98)55-31-22-20-23-32-55/h5-11,13-15,17-28,30-32,34,36,38,40,51-54,56-65,69,72-75,77,80-90,94-97H,12,16,29,33,35,37,39,41-50H2,1-4H3,(H,78,98)(H,79,93)/b8-5+,9-7+,11-6+,14-10+,17-13+,19-15+,25-18+,30-21+,34-27+,36-28+,38-24+,40-26+. The molecule has 20 unspecified atom stereocenters. The number of rotatable bonds is 48. The number of amides is 2. The van der Waals surface area contributed by atoms with Gasteiger partial charge in [-0.25, -0.2) is 0 Å². The second-order valence-electron chi connectivity index (χ2n) is 25.7. The van der Waals surface area contributed by atoms with Crippen molar-refractivity contribution in [3.63, 3.8) is 0 Å². The molecule has 0 radical (unpaired) electrons. The first-order valence-electron chi connectivity index (χ1n) is 34.6. The lowest BCUT2D eigenvalue weighted by Crippen LogP contribution is -2.58. The van der Waals surface area contributed by atoms with Crippen LogP contribution >= 0.6 is 0 Å². The van der Waals surface area contributed by atoms with Crippen LogP contribution in [0.2, 0.25) is 0 Å². The molecule has 23 heteroatoms. The van der Waals surface area contributed by atoms with Crippen LogP contribution < -0.4 is 10.6 Å². The van der Waals surface area contributed by atoms with E-state index in [9.17, 15) is 95.8 Å². The number of Topliss-reactive ketones (excluding diaryl/α,β-unsaturated/α-hetero) is 2. The van der Waals surface area contributed by atoms with Crippen LogP contribution in [0.5, 0.6) is 0 Å². The van der Waals surface area contributed by atoms with E-state index in [1.165, 1.54) is 43.4 Å². The van der Waals surface area contributed by atoms with Gasteiger partial charge in [0.05, 0.1) is 79.4 Å². The fourth-order valence-electron chi connectivity index (χ4n) is 10.8. The Morgan fingerprint density at radius 2 is 1.10 bits per heavy atom. The third-order valence-electron chi connectivity index (χ3n) is 16.9. The Morgan fingerprint density at radius 1 is 0.570 bits per heavy atom. The quantitative estimate of drug-likeness (QED) is 0.0167. The van der Waals surface area contributed by atoms with Crippen LogP contribution in [0, 0.1) is 17.8 Å². The zero-order valence-electron chi connectivity index (χ0n) is 58.0. The van der Waals surface area contributed by atoms with E-state index in [1.54, 1.807) is 117 Å². The number of ether oxygens (including phenoxy) is 2. The summed E-state index contributed by atoms with van der Waals surface area (Å²) in [7, 11) is 0. The summed E-state index contributed by atoms with van der Waals surface area (Å²) in [5.41, 5.74) is 0.495. The van der Waals surface area contributed by atoms with Gasteiger partial charge in [-0.1, -0.05) is 179 Å². The highest BCUT2D eigenvalue weighted by Crippen LogP contribution is 2.28. The summed E-state index contributed by atoms with van der Waals surface area (Å²) in [6, 6.07) is 8.75. The average Bonchev–Trinajstić information content (AvgIpc) is 1.01. The molecule has 0 spiro atoms. The van der Waals surface area contributed by atoms with Crippen LogP contribution in [0.25, 0.3) is 0 Å². The first kappa shape index (κ1) is 87.5. The van der Waals surface area contributed by atoms with Gasteiger partial charge in [-0.2, -0.15) is 0 Å². The average molecular weight is 1400 g/mol. The number of hydrogen-bond donors (Lipinski definition) is 17. The molecule has 1 heterocycles. The molecule has 2 amide bonds. The smallest absolute Gasteiger partial charge is 0.251 e. The Bertz CT molecular complexity index is 2950. The lowest BCUT2D eigenvalue weighted by atomic mass is 9.88. The van der Waals surface area contributed by atoms with Gasteiger partial charge in [0.15, 0.2) is 12.1 Å². The normalized spacial score (nSPS) is 23.0. The molecular weight excluding hydrogens is 1290 g/mol. The molecule has 1 saturated heterocycles. The van der Waals surface area contributed by atoms with E-state index >= 15 is 0 Å². The molecule has 0 aromatic heterocycles. The molecule has 0 saturated carbocycles. The van der Waals surface area contributed by atoms with Gasteiger partial charge in [-0.15, -0.1) is 0 Å². The molecule has 1 fully saturated rings. The van der Waals surface area contributed by atoms with E-state index in [-0.39, 0.29) is 99.7 Å². The molecule has 23 nitrogen and oxygen atoms in total. The summed E-state index contributed by atoms with van der Waals surface area (Å²) in [5.74, 6) is -3.14. The van der Waals surface area contributed by atoms with Crippen molar-refractivity contribution >= 4 is 23.4 Å². The number of unbranched alkanes of at least 4 members (excludes halogenated alkanes) is 1. The molecule has 17 N–H and O–H groups in total. The molecule has 100 heavy (non-hydrogen) atoms. The van der Waals surface area contributed by atoms with Crippen LogP contribution in [0.1, 0.15) is 141 Å². The van der Waals surface area contributed by atoms with Crippen LogP contribution in [0.15, 0.2) is 188 Å². The lowest BCUT2D eigenvalue weighted by Gasteiger charge is -2.41. The lowest BCUT2D eigenvalue weighted by molar-refractivity contribution is -0.306. The number of aliphatic hydroxyl groups excluding tert-OH is 15. The first-order valence-corrected chi connectivity index (χ1v) is 34.6. The Kier molecular flexibility index (Phi) is 43.6. The second-order valence-corrected chi connectivity index (χ2v) is 25.7. The van der Waals surface area contributed by atoms with E-state index in [1.807, 2.05) is 43.4 Å². The minimum atomic E-state index is -1.65. The maximum Gasteiger partial charge on any atom is 0.251 e. The van der Waals surface area contributed by atoms with Crippen LogP contribution in [0.4, 0.5) is 0 Å². The maximum atomic E-state index is 13.6. The van der Waals surface area contributed by atoms with E-state index in [4.69, 9.17) is 9.47 Å². The van der Waals surface area contributed by atoms with Gasteiger partial charge in [0, 0.05) is 68.0 Å². The number of hydrogen-bond acceptors (Lipinski definition) is 21. The highest BCUT2D eigenvalue weighted by Gasteiger charge is 2.44. The van der Waals surface area contributed by atoms with Crippen molar-refractivity contribution < 1.29 is 105 Å². The third kappa shape index (κ3) is 36.8. The number of carbonyl (C=O) groups is 4. The predicted octanol–water partition coefficient (Wildman–Crippen LogP) is 5.46. The molecule has 1 aliphatic heterocycles. The SMILES string of the molecule is CC(/C=C/CC/C=C/C=C/C=C/C=C/C(=O)NC1=C(O)CCC1=O)C(O)C(C)C(O)/C=C/C=C/C=C/C=C/C=C/CC(OC1OC(C)C(O)C(O)C1O)C(C)C(=O)CC(O)CC(O)CC(O)/C=C/CC(O)CC(O)CC(O)CC(O)/C=C/CC(O)CC(O)CCCNC(=O)c1ccccc1. The minimum absolute atomic E-state index is 0.00544. The van der Waals surface area contributed by atoms with Crippen LogP contribution in [0.3, 0.4) is 0 Å². The van der Waals surface area contributed by atoms with Crippen molar-refractivity contribution in [2.45, 2.75) is 234 Å². The van der Waals surface area contributed by atoms with Crippen molar-refractivity contribution in [3.8, 4) is 0 Å². The van der Waals surface area contributed by atoms with Crippen molar-refractivity contribution in [2.75, 3.05) is 6.54 Å². The molecule has 1 aliphatic carbocycles. The summed E-state index contributed by atoms with van der Waals surface area (Å²) < 4.78 is 11.7. The minimum Gasteiger partial charge on any atom is -0.510 e. The van der Waals surface area contributed by atoms with Gasteiger partial charge >= 0.3 is 0 Å². The Morgan fingerprint density at radius 3 is 1.70 bits per heavy atom. The third-order valence-corrected chi connectivity index (χ3v) is 16.9. The molecule has 1 aromatic rings. The summed E-state index contributed by atoms with van der Waals surface area (Å²) in [6.07, 6.45) is 22.8. The topological polar surface area (TPSA) is 414 Å². The van der Waals surface area contributed by atoms with Crippen molar-refractivity contribution in [3.05, 3.63) is 193 Å². The van der Waals surface area contributed by atoms with Crippen molar-refractivity contribution in [1.29, 1.82) is 0 Å². The number of nitrogens with one attached hydrogen (secondary N) is 2. The summed E-state index contributed by atoms with van der Waals surface area (Å²) >= 11 is 0. The van der Waals surface area contributed by atoms with Gasteiger partial charge in [0.25, 0.3) is 5.91 Å². The molecule has 20 atom stereocenters. The van der Waals surface area contributed by atoms with E-state index in [0.29, 0.717) is 24.9 Å². The monoisotopic (exact) mass is 1400 g/mol. The summed E-state index contributed by atoms with van der Waals surface area (Å²) in [4.78, 5) is 49.4. The fraction of sp³-hybridized carbons (Fsp3) is 0.532. The van der Waals surface area contributed by atoms with Gasteiger partial charge < -0.3 is 96.7 Å². The van der Waals surface area contributed by atoms with Gasteiger partial charge in [-0.05, 0) is 89.7 Å². The Balaban J connectivity index is 1.37. The maximum absolute atomic E-state index is 13.6. The molecule has 1 aromatic carbocycles. The Hall–Kier alpha value is -6.72. The molecular formula is C77H112N2O21. The van der Waals surface area contributed by atoms with E-state index in [0.717, 1.165) is 12.8 Å². The summed E-state index contributed by atoms with van der Waals surface area (Å²) in [6.45, 7) is 7.07. The van der Waals surface area contributed by atoms with Crippen LogP contribution in [-0.2, 0) is 23.9 Å². The number of ketones is 2. The second kappa shape index (κ2) is 49.8. The fourth-order valence-corrected chi connectivity index (χ4v) is 10.8. The van der Waals surface area contributed by atoms with Crippen LogP contribution in [-0.4, -0.2) is 210 Å². The zero-order chi connectivity index (χ0) is 73.9. The molecule has 0 bridgehead atoms. The van der Waals surface area contributed by atoms with Gasteiger partial charge in [0.2, 0.25) is 5.91 Å². The molecule has 556 valence electrons. The number of benzene rings is 1. The Labute approximate surface area is 588 Å². The van der Waals surface area contributed by atoms with Gasteiger partial charge in [0.1, 0.15) is 35.6 Å². The highest BCUT2D eigenvalue weighted by molar-refractivity contribution is 6.03. The van der Waals surface area contributed by atoms with E-state index in [2.05, 4.69) is 10.6 Å². The molecule has 2 aliphatic rings. The first-order chi connectivity index (χ1) is 47.7. The van der Waals surface area contributed by atoms with Crippen molar-refractivity contribution in [2.24, 2.45) is 17.8 Å². The highest BCUT2D eigenvalue weighted by atomic mass is 16.7. The largest absolute Gasteiger partial charge is 0.510 e. The molecule has 3 rings (SSSR count). The number of aliphatic hydroxyl groups is 15. The van der Waals surface area contributed by atoms with E-state index < -0.39 is 134 Å². The number of carbonyl (C=O) groups excluding carboxylic acids is 4. The number of allylic oxidation sites excluding steroid dienone is 18.